The lowest BCUT2D eigenvalue weighted by atomic mass is 9.82. The van der Waals surface area contributed by atoms with Crippen molar-refractivity contribution in [1.29, 1.82) is 0 Å². The number of aryl methyl sites for hydroxylation is 2. The van der Waals surface area contributed by atoms with Crippen molar-refractivity contribution in [2.75, 3.05) is 0 Å². The molecule has 1 heteroatoms. The molecule has 0 N–H and O–H groups in total. The van der Waals surface area contributed by atoms with Crippen LogP contribution in [0.1, 0.15) is 59.8 Å². The maximum absolute atomic E-state index is 3.85. The van der Waals surface area contributed by atoms with E-state index in [0.717, 1.165) is 6.42 Å². The molecule has 0 saturated heterocycles. The minimum absolute atomic E-state index is 0.250. The Kier molecular flexibility index (Phi) is 4.93. The zero-order chi connectivity index (χ0) is 15.6. The third kappa shape index (κ3) is 3.77. The van der Waals surface area contributed by atoms with E-state index in [1.807, 2.05) is 0 Å². The molecule has 0 aliphatic heterocycles. The lowest BCUT2D eigenvalue weighted by molar-refractivity contribution is 0.506. The number of hydrogen-bond donors (Lipinski definition) is 0. The number of hydrogen-bond acceptors (Lipinski definition) is 0. The highest BCUT2D eigenvalue weighted by molar-refractivity contribution is 9.09. The predicted octanol–water partition coefficient (Wildman–Crippen LogP) is 6.48. The maximum Gasteiger partial charge on any atom is 0.0644 e. The summed E-state index contributed by atoms with van der Waals surface area (Å²) in [6.07, 6.45) is 1.15. The van der Waals surface area contributed by atoms with Gasteiger partial charge in [-0.1, -0.05) is 90.3 Å². The van der Waals surface area contributed by atoms with Crippen LogP contribution in [0.15, 0.2) is 42.5 Å². The van der Waals surface area contributed by atoms with Crippen molar-refractivity contribution in [3.8, 4) is 0 Å². The minimum Gasteiger partial charge on any atom is -0.0786 e. The molecule has 1 unspecified atom stereocenters. The first kappa shape index (κ1) is 16.3. The van der Waals surface area contributed by atoms with Crippen LogP contribution in [-0.4, -0.2) is 0 Å². The molecule has 0 radical (unpaired) electrons. The molecule has 2 aromatic carbocycles. The standard InChI is InChI=1S/C20H25Br/c1-6-20(4,5)18-9-7-16(8-10-18)19(21)17-12-14(2)11-15(3)13-17/h7-13,19H,6H2,1-5H3. The Bertz CT molecular complexity index is 588. The molecule has 0 fully saturated rings. The summed E-state index contributed by atoms with van der Waals surface area (Å²) in [5.41, 5.74) is 6.94. The molecule has 21 heavy (non-hydrogen) atoms. The van der Waals surface area contributed by atoms with E-state index in [1.54, 1.807) is 0 Å². The van der Waals surface area contributed by atoms with Crippen molar-refractivity contribution in [2.24, 2.45) is 0 Å². The summed E-state index contributed by atoms with van der Waals surface area (Å²) < 4.78 is 0. The van der Waals surface area contributed by atoms with Crippen LogP contribution in [0, 0.1) is 13.8 Å². The highest BCUT2D eigenvalue weighted by atomic mass is 79.9. The van der Waals surface area contributed by atoms with Crippen LogP contribution in [-0.2, 0) is 5.41 Å². The second-order valence-electron chi connectivity index (χ2n) is 6.64. The molecule has 2 rings (SSSR count). The highest BCUT2D eigenvalue weighted by Crippen LogP contribution is 2.34. The molecule has 0 aliphatic rings. The van der Waals surface area contributed by atoms with Crippen molar-refractivity contribution < 1.29 is 0 Å². The van der Waals surface area contributed by atoms with Gasteiger partial charge in [-0.05, 0) is 42.4 Å². The summed E-state index contributed by atoms with van der Waals surface area (Å²) in [7, 11) is 0. The fourth-order valence-electron chi connectivity index (χ4n) is 2.66. The van der Waals surface area contributed by atoms with Crippen LogP contribution in [0.5, 0.6) is 0 Å². The van der Waals surface area contributed by atoms with Gasteiger partial charge in [-0.2, -0.15) is 0 Å². The Morgan fingerprint density at radius 3 is 1.90 bits per heavy atom. The van der Waals surface area contributed by atoms with Crippen LogP contribution in [0.25, 0.3) is 0 Å². The molecule has 112 valence electrons. The number of benzene rings is 2. The van der Waals surface area contributed by atoms with Crippen molar-refractivity contribution >= 4 is 15.9 Å². The van der Waals surface area contributed by atoms with Gasteiger partial charge in [-0.3, -0.25) is 0 Å². The van der Waals surface area contributed by atoms with E-state index in [2.05, 4.69) is 93.0 Å². The fourth-order valence-corrected chi connectivity index (χ4v) is 3.23. The molecule has 0 spiro atoms. The van der Waals surface area contributed by atoms with Crippen LogP contribution in [0.2, 0.25) is 0 Å². The molecular weight excluding hydrogens is 320 g/mol. The van der Waals surface area contributed by atoms with Crippen LogP contribution in [0.4, 0.5) is 0 Å². The summed E-state index contributed by atoms with van der Waals surface area (Å²) >= 11 is 3.85. The number of halogens is 1. The Labute approximate surface area is 137 Å². The molecule has 2 aromatic rings. The summed E-state index contributed by atoms with van der Waals surface area (Å²) in [6.45, 7) is 11.2. The van der Waals surface area contributed by atoms with Gasteiger partial charge >= 0.3 is 0 Å². The zero-order valence-electron chi connectivity index (χ0n) is 13.7. The number of rotatable bonds is 4. The first-order valence-electron chi connectivity index (χ1n) is 7.66. The quantitative estimate of drug-likeness (QED) is 0.557. The van der Waals surface area contributed by atoms with E-state index >= 15 is 0 Å². The predicted molar refractivity (Wildman–Crippen MR) is 96.4 cm³/mol. The lowest BCUT2D eigenvalue weighted by Gasteiger charge is -2.24. The maximum atomic E-state index is 3.85. The second kappa shape index (κ2) is 6.36. The topological polar surface area (TPSA) is 0 Å². The minimum atomic E-state index is 0.250. The van der Waals surface area contributed by atoms with Gasteiger partial charge in [0.2, 0.25) is 0 Å². The molecule has 0 saturated carbocycles. The third-order valence-electron chi connectivity index (χ3n) is 4.41. The Balaban J connectivity index is 2.30. The Morgan fingerprint density at radius 2 is 1.43 bits per heavy atom. The van der Waals surface area contributed by atoms with Crippen molar-refractivity contribution in [3.63, 3.8) is 0 Å². The summed E-state index contributed by atoms with van der Waals surface area (Å²) in [6, 6.07) is 15.8. The molecule has 0 amide bonds. The lowest BCUT2D eigenvalue weighted by Crippen LogP contribution is -2.15. The fraction of sp³-hybridized carbons (Fsp3) is 0.400. The molecule has 0 nitrogen and oxygen atoms in total. The average molecular weight is 345 g/mol. The van der Waals surface area contributed by atoms with Gasteiger partial charge in [0.25, 0.3) is 0 Å². The van der Waals surface area contributed by atoms with Gasteiger partial charge < -0.3 is 0 Å². The van der Waals surface area contributed by atoms with E-state index in [9.17, 15) is 0 Å². The van der Waals surface area contributed by atoms with Gasteiger partial charge in [0, 0.05) is 0 Å². The van der Waals surface area contributed by atoms with Crippen LogP contribution < -0.4 is 0 Å². The molecular formula is C20H25Br. The zero-order valence-corrected chi connectivity index (χ0v) is 15.3. The summed E-state index contributed by atoms with van der Waals surface area (Å²) in [4.78, 5) is 0.259. The molecule has 0 bridgehead atoms. The first-order chi connectivity index (χ1) is 9.83. The van der Waals surface area contributed by atoms with E-state index in [1.165, 1.54) is 27.8 Å². The van der Waals surface area contributed by atoms with Crippen LogP contribution in [0.3, 0.4) is 0 Å². The van der Waals surface area contributed by atoms with Gasteiger partial charge in [0.1, 0.15) is 0 Å². The molecule has 0 aromatic heterocycles. The Morgan fingerprint density at radius 1 is 0.905 bits per heavy atom. The Hall–Kier alpha value is -1.08. The van der Waals surface area contributed by atoms with Crippen molar-refractivity contribution in [2.45, 2.75) is 51.3 Å². The van der Waals surface area contributed by atoms with E-state index in [-0.39, 0.29) is 10.2 Å². The van der Waals surface area contributed by atoms with Gasteiger partial charge in [0.15, 0.2) is 0 Å². The van der Waals surface area contributed by atoms with Gasteiger partial charge in [-0.25, -0.2) is 0 Å². The van der Waals surface area contributed by atoms with E-state index in [4.69, 9.17) is 0 Å². The van der Waals surface area contributed by atoms with Gasteiger partial charge in [-0.15, -0.1) is 0 Å². The first-order valence-corrected chi connectivity index (χ1v) is 8.58. The largest absolute Gasteiger partial charge is 0.0786 e. The SMILES string of the molecule is CCC(C)(C)c1ccc(C(Br)c2cc(C)cc(C)c2)cc1. The average Bonchev–Trinajstić information content (AvgIpc) is 2.45. The molecule has 1 atom stereocenters. The van der Waals surface area contributed by atoms with Crippen molar-refractivity contribution in [1.82, 2.24) is 0 Å². The van der Waals surface area contributed by atoms with E-state index < -0.39 is 0 Å². The highest BCUT2D eigenvalue weighted by Gasteiger charge is 2.18. The molecule has 0 heterocycles. The van der Waals surface area contributed by atoms with Crippen LogP contribution >= 0.6 is 15.9 Å². The second-order valence-corrected chi connectivity index (χ2v) is 7.56. The normalized spacial score (nSPS) is 13.2. The number of alkyl halides is 1. The summed E-state index contributed by atoms with van der Waals surface area (Å²) in [5.74, 6) is 0. The smallest absolute Gasteiger partial charge is 0.0644 e. The van der Waals surface area contributed by atoms with Gasteiger partial charge in [0.05, 0.1) is 4.83 Å². The third-order valence-corrected chi connectivity index (χ3v) is 5.46. The van der Waals surface area contributed by atoms with Crippen molar-refractivity contribution in [3.05, 3.63) is 70.3 Å². The summed E-state index contributed by atoms with van der Waals surface area (Å²) in [5, 5.41) is 0. The molecule has 0 aliphatic carbocycles. The monoisotopic (exact) mass is 344 g/mol. The van der Waals surface area contributed by atoms with E-state index in [0.29, 0.717) is 0 Å².